The predicted molar refractivity (Wildman–Crippen MR) is 191 cm³/mol. The summed E-state index contributed by atoms with van der Waals surface area (Å²) in [6.07, 6.45) is 0.244. The van der Waals surface area contributed by atoms with E-state index in [2.05, 4.69) is 10.2 Å². The standard InChI is InChI=1S/C34H38N6O9S2/c1-48-25-8-12-27(13-9-25)51(46,47)40(23-33(36)42)31-15-14-30(28-4-2-3-5-29(28)31)39(22-32(35)41)50(44,45)26-10-6-24(7-11-26)37-34(43)16-17-38-18-20-49-21-19-38/h2-15H,16-23H2,1H3,(H2,35,41)(H2,36,42)(H,37,43). The Kier molecular flexibility index (Phi) is 11.4. The minimum Gasteiger partial charge on any atom is -0.497 e. The predicted octanol–water partition coefficient (Wildman–Crippen LogP) is 1.87. The lowest BCUT2D eigenvalue weighted by Gasteiger charge is -2.28. The third-order valence-electron chi connectivity index (χ3n) is 8.15. The molecule has 0 aromatic heterocycles. The number of anilines is 3. The second kappa shape index (κ2) is 15.8. The lowest BCUT2D eigenvalue weighted by atomic mass is 10.1. The summed E-state index contributed by atoms with van der Waals surface area (Å²) in [5, 5.41) is 3.25. The molecule has 1 aliphatic rings. The lowest BCUT2D eigenvalue weighted by Crippen LogP contribution is -2.39. The number of ether oxygens (including phenoxy) is 2. The van der Waals surface area contributed by atoms with Gasteiger partial charge in [0.05, 0.1) is 41.5 Å². The van der Waals surface area contributed by atoms with Crippen molar-refractivity contribution in [1.82, 2.24) is 4.90 Å². The molecule has 4 aromatic rings. The van der Waals surface area contributed by atoms with E-state index in [1.165, 1.54) is 67.8 Å². The zero-order chi connectivity index (χ0) is 36.8. The Hall–Kier alpha value is -5.23. The van der Waals surface area contributed by atoms with Crippen LogP contribution in [0.3, 0.4) is 0 Å². The molecule has 51 heavy (non-hydrogen) atoms. The number of hydrogen-bond acceptors (Lipinski definition) is 10. The van der Waals surface area contributed by atoms with E-state index in [-0.39, 0.29) is 44.3 Å². The number of primary amides is 2. The molecule has 0 unspecified atom stereocenters. The molecule has 0 aliphatic carbocycles. The van der Waals surface area contributed by atoms with Crippen LogP contribution < -0.4 is 30.1 Å². The summed E-state index contributed by atoms with van der Waals surface area (Å²) < 4.78 is 68.2. The Bertz CT molecular complexity index is 2120. The number of rotatable bonds is 15. The summed E-state index contributed by atoms with van der Waals surface area (Å²) in [5.41, 5.74) is 11.5. The zero-order valence-electron chi connectivity index (χ0n) is 27.7. The van der Waals surface area contributed by atoms with Gasteiger partial charge in [-0.3, -0.25) is 27.9 Å². The van der Waals surface area contributed by atoms with Gasteiger partial charge < -0.3 is 26.3 Å². The van der Waals surface area contributed by atoms with E-state index in [0.717, 1.165) is 21.7 Å². The number of carbonyl (C=O) groups excluding carboxylic acids is 3. The van der Waals surface area contributed by atoms with Crippen LogP contribution >= 0.6 is 0 Å². The molecular weight excluding hydrogens is 701 g/mol. The quantitative estimate of drug-likeness (QED) is 0.161. The van der Waals surface area contributed by atoms with Crippen LogP contribution in [-0.4, -0.2) is 92.5 Å². The average molecular weight is 739 g/mol. The second-order valence-electron chi connectivity index (χ2n) is 11.6. The smallest absolute Gasteiger partial charge is 0.264 e. The number of carbonyl (C=O) groups is 3. The molecule has 1 heterocycles. The van der Waals surface area contributed by atoms with Crippen molar-refractivity contribution in [2.45, 2.75) is 16.2 Å². The van der Waals surface area contributed by atoms with Crippen LogP contribution in [0.1, 0.15) is 6.42 Å². The number of hydrogen-bond donors (Lipinski definition) is 3. The Morgan fingerprint density at radius 1 is 0.745 bits per heavy atom. The highest BCUT2D eigenvalue weighted by molar-refractivity contribution is 7.93. The maximum Gasteiger partial charge on any atom is 0.264 e. The first kappa shape index (κ1) is 37.0. The molecule has 17 heteroatoms. The van der Waals surface area contributed by atoms with Gasteiger partial charge in [-0.2, -0.15) is 0 Å². The number of nitrogens with one attached hydrogen (secondary N) is 1. The number of benzene rings is 4. The van der Waals surface area contributed by atoms with Crippen LogP contribution in [-0.2, 0) is 39.2 Å². The van der Waals surface area contributed by atoms with E-state index in [1.54, 1.807) is 24.3 Å². The normalized spacial score (nSPS) is 13.7. The molecule has 3 amide bonds. The van der Waals surface area contributed by atoms with Crippen LogP contribution in [0.2, 0.25) is 0 Å². The monoisotopic (exact) mass is 738 g/mol. The van der Waals surface area contributed by atoms with Gasteiger partial charge in [-0.25, -0.2) is 16.8 Å². The van der Waals surface area contributed by atoms with Gasteiger partial charge in [-0.1, -0.05) is 24.3 Å². The van der Waals surface area contributed by atoms with Gasteiger partial charge in [-0.05, 0) is 60.7 Å². The first-order chi connectivity index (χ1) is 24.3. The number of methoxy groups -OCH3 is 1. The Labute approximate surface area is 295 Å². The maximum absolute atomic E-state index is 14.1. The number of morpholine rings is 1. The topological polar surface area (TPSA) is 212 Å². The minimum atomic E-state index is -4.46. The molecule has 270 valence electrons. The van der Waals surface area contributed by atoms with Gasteiger partial charge in [0, 0.05) is 42.5 Å². The zero-order valence-corrected chi connectivity index (χ0v) is 29.4. The van der Waals surface area contributed by atoms with Gasteiger partial charge in [0.1, 0.15) is 18.8 Å². The second-order valence-corrected chi connectivity index (χ2v) is 15.3. The van der Waals surface area contributed by atoms with E-state index >= 15 is 0 Å². The van der Waals surface area contributed by atoms with Gasteiger partial charge in [0.25, 0.3) is 20.0 Å². The molecule has 4 aromatic carbocycles. The first-order valence-corrected chi connectivity index (χ1v) is 18.7. The highest BCUT2D eigenvalue weighted by atomic mass is 32.2. The van der Waals surface area contributed by atoms with Crippen LogP contribution in [0.4, 0.5) is 17.1 Å². The maximum atomic E-state index is 14.1. The number of sulfonamides is 2. The van der Waals surface area contributed by atoms with Gasteiger partial charge in [0.15, 0.2) is 0 Å². The van der Waals surface area contributed by atoms with E-state index in [1.807, 2.05) is 0 Å². The number of nitrogens with zero attached hydrogens (tertiary/aromatic N) is 3. The molecule has 5 rings (SSSR count). The summed E-state index contributed by atoms with van der Waals surface area (Å²) >= 11 is 0. The van der Waals surface area contributed by atoms with E-state index in [4.69, 9.17) is 20.9 Å². The largest absolute Gasteiger partial charge is 0.497 e. The van der Waals surface area contributed by atoms with Crippen molar-refractivity contribution in [3.05, 3.63) is 84.9 Å². The Balaban J connectivity index is 1.48. The molecule has 0 bridgehead atoms. The van der Waals surface area contributed by atoms with Crippen LogP contribution in [0.25, 0.3) is 10.8 Å². The molecular formula is C34H38N6O9S2. The lowest BCUT2D eigenvalue weighted by molar-refractivity contribution is -0.117. The summed E-state index contributed by atoms with van der Waals surface area (Å²) in [7, 11) is -7.40. The first-order valence-electron chi connectivity index (χ1n) is 15.8. The fourth-order valence-electron chi connectivity index (χ4n) is 5.60. The summed E-state index contributed by atoms with van der Waals surface area (Å²) in [4.78, 5) is 38.8. The summed E-state index contributed by atoms with van der Waals surface area (Å²) in [6, 6.07) is 20.0. The van der Waals surface area contributed by atoms with Crippen molar-refractivity contribution >= 4 is 65.6 Å². The molecule has 0 atom stereocenters. The number of amides is 3. The van der Waals surface area contributed by atoms with Crippen molar-refractivity contribution in [1.29, 1.82) is 0 Å². The van der Waals surface area contributed by atoms with Crippen molar-refractivity contribution in [3.8, 4) is 5.75 Å². The number of nitrogens with two attached hydrogens (primary N) is 2. The molecule has 0 spiro atoms. The van der Waals surface area contributed by atoms with Gasteiger partial charge >= 0.3 is 0 Å². The van der Waals surface area contributed by atoms with Gasteiger partial charge in [0.2, 0.25) is 17.7 Å². The minimum absolute atomic E-state index is 0.0227. The molecule has 0 saturated carbocycles. The Morgan fingerprint density at radius 3 is 1.67 bits per heavy atom. The Morgan fingerprint density at radius 2 is 1.22 bits per heavy atom. The summed E-state index contributed by atoms with van der Waals surface area (Å²) in [6.45, 7) is 1.80. The van der Waals surface area contributed by atoms with Crippen LogP contribution in [0.5, 0.6) is 5.75 Å². The number of fused-ring (bicyclic) bond motifs is 1. The van der Waals surface area contributed by atoms with Crippen molar-refractivity contribution < 1.29 is 40.7 Å². The van der Waals surface area contributed by atoms with Crippen LogP contribution in [0.15, 0.2) is 94.7 Å². The van der Waals surface area contributed by atoms with Gasteiger partial charge in [-0.15, -0.1) is 0 Å². The molecule has 1 fully saturated rings. The molecule has 5 N–H and O–H groups in total. The van der Waals surface area contributed by atoms with Crippen molar-refractivity contribution in [3.63, 3.8) is 0 Å². The average Bonchev–Trinajstić information content (AvgIpc) is 3.12. The summed E-state index contributed by atoms with van der Waals surface area (Å²) in [5.74, 6) is -1.71. The molecule has 15 nitrogen and oxygen atoms in total. The highest BCUT2D eigenvalue weighted by Gasteiger charge is 2.32. The van der Waals surface area contributed by atoms with E-state index in [0.29, 0.717) is 31.2 Å². The van der Waals surface area contributed by atoms with Crippen molar-refractivity contribution in [2.75, 3.05) is 67.0 Å². The highest BCUT2D eigenvalue weighted by Crippen LogP contribution is 2.38. The third-order valence-corrected chi connectivity index (χ3v) is 11.7. The van der Waals surface area contributed by atoms with Crippen molar-refractivity contribution in [2.24, 2.45) is 11.5 Å². The van der Waals surface area contributed by atoms with E-state index < -0.39 is 45.0 Å². The molecule has 1 saturated heterocycles. The fraction of sp³-hybridized carbons (Fsp3) is 0.265. The third kappa shape index (κ3) is 8.57. The molecule has 0 radical (unpaired) electrons. The molecule has 1 aliphatic heterocycles. The van der Waals surface area contributed by atoms with E-state index in [9.17, 15) is 31.2 Å². The van der Waals surface area contributed by atoms with Crippen LogP contribution in [0, 0.1) is 0 Å². The fourth-order valence-corrected chi connectivity index (χ4v) is 8.50. The SMILES string of the molecule is COc1ccc(S(=O)(=O)N(CC(N)=O)c2ccc(N(CC(N)=O)S(=O)(=O)c3ccc(NC(=O)CCN4CCOCC4)cc3)c3ccccc23)cc1.